The Labute approximate surface area is 122 Å². The van der Waals surface area contributed by atoms with Crippen LogP contribution in [0.25, 0.3) is 17.3 Å². The molecule has 0 aliphatic rings. The largest absolute Gasteiger partial charge is 0.478 e. The molecule has 2 aromatic rings. The second-order valence-corrected chi connectivity index (χ2v) is 4.25. The lowest BCUT2D eigenvalue weighted by atomic mass is 10.1. The van der Waals surface area contributed by atoms with E-state index in [4.69, 9.17) is 9.84 Å². The lowest BCUT2D eigenvalue weighted by molar-refractivity contribution is 0.326. The first-order chi connectivity index (χ1) is 10.2. The molecule has 2 heterocycles. The van der Waals surface area contributed by atoms with Gasteiger partial charge >= 0.3 is 0 Å². The van der Waals surface area contributed by atoms with Crippen LogP contribution in [0.3, 0.4) is 0 Å². The second kappa shape index (κ2) is 6.90. The fraction of sp³-hybridized carbons (Fsp3) is 0.267. The maximum Gasteiger partial charge on any atom is 0.214 e. The van der Waals surface area contributed by atoms with Crippen molar-refractivity contribution in [3.8, 4) is 17.1 Å². The summed E-state index contributed by atoms with van der Waals surface area (Å²) in [5.74, 6) is -0.131. The SMILES string of the molecule is CCOc1cc(-c2ncc(C=CCO)nc2C)c(F)cn1. The molecule has 0 unspecified atom stereocenters. The molecule has 0 aliphatic heterocycles. The molecule has 2 rings (SSSR count). The molecule has 0 saturated carbocycles. The summed E-state index contributed by atoms with van der Waals surface area (Å²) < 4.78 is 19.2. The van der Waals surface area contributed by atoms with Crippen molar-refractivity contribution >= 4 is 6.08 Å². The number of hydrogen-bond acceptors (Lipinski definition) is 5. The summed E-state index contributed by atoms with van der Waals surface area (Å²) in [6.07, 6.45) is 5.84. The Kier molecular flexibility index (Phi) is 4.94. The molecular weight excluding hydrogens is 273 g/mol. The van der Waals surface area contributed by atoms with Gasteiger partial charge in [0.15, 0.2) is 5.82 Å². The molecule has 1 N–H and O–H groups in total. The molecule has 2 aromatic heterocycles. The first kappa shape index (κ1) is 15.1. The van der Waals surface area contributed by atoms with E-state index in [2.05, 4.69) is 15.0 Å². The van der Waals surface area contributed by atoms with Crippen molar-refractivity contribution in [3.05, 3.63) is 41.7 Å². The molecule has 0 atom stereocenters. The molecular formula is C15H16FN3O2. The number of halogens is 1. The van der Waals surface area contributed by atoms with Crippen LogP contribution >= 0.6 is 0 Å². The molecule has 0 fully saturated rings. The van der Waals surface area contributed by atoms with Crippen molar-refractivity contribution in [1.29, 1.82) is 0 Å². The Hall–Kier alpha value is -2.34. The minimum atomic E-state index is -0.477. The highest BCUT2D eigenvalue weighted by molar-refractivity contribution is 5.63. The van der Waals surface area contributed by atoms with Crippen molar-refractivity contribution in [3.63, 3.8) is 0 Å². The van der Waals surface area contributed by atoms with Crippen LogP contribution in [0.4, 0.5) is 4.39 Å². The molecule has 0 aromatic carbocycles. The minimum Gasteiger partial charge on any atom is -0.478 e. The Morgan fingerprint density at radius 3 is 2.81 bits per heavy atom. The van der Waals surface area contributed by atoms with E-state index < -0.39 is 5.82 Å². The maximum absolute atomic E-state index is 13.9. The minimum absolute atomic E-state index is 0.0703. The Balaban J connectivity index is 2.42. The molecule has 0 radical (unpaired) electrons. The van der Waals surface area contributed by atoms with Crippen molar-refractivity contribution < 1.29 is 14.2 Å². The number of pyridine rings is 1. The van der Waals surface area contributed by atoms with Crippen LogP contribution in [0.1, 0.15) is 18.3 Å². The average molecular weight is 289 g/mol. The van der Waals surface area contributed by atoms with Gasteiger partial charge in [0.1, 0.15) is 0 Å². The van der Waals surface area contributed by atoms with Crippen molar-refractivity contribution in [2.75, 3.05) is 13.2 Å². The van der Waals surface area contributed by atoms with E-state index in [1.54, 1.807) is 19.1 Å². The number of aryl methyl sites for hydroxylation is 1. The number of hydrogen-bond donors (Lipinski definition) is 1. The lowest BCUT2D eigenvalue weighted by Crippen LogP contribution is -2.00. The summed E-state index contributed by atoms with van der Waals surface area (Å²) in [7, 11) is 0. The number of ether oxygens (including phenoxy) is 1. The van der Waals surface area contributed by atoms with Crippen LogP contribution in [0, 0.1) is 12.7 Å². The predicted molar refractivity (Wildman–Crippen MR) is 77.2 cm³/mol. The molecule has 21 heavy (non-hydrogen) atoms. The highest BCUT2D eigenvalue weighted by Gasteiger charge is 2.13. The first-order valence-corrected chi connectivity index (χ1v) is 6.55. The van der Waals surface area contributed by atoms with Crippen LogP contribution in [0.5, 0.6) is 5.88 Å². The molecule has 0 aliphatic carbocycles. The van der Waals surface area contributed by atoms with Gasteiger partial charge in [-0.3, -0.25) is 4.98 Å². The zero-order valence-corrected chi connectivity index (χ0v) is 11.9. The topological polar surface area (TPSA) is 68.1 Å². The molecule has 110 valence electrons. The number of aliphatic hydroxyl groups excluding tert-OH is 1. The van der Waals surface area contributed by atoms with Gasteiger partial charge in [-0.25, -0.2) is 14.4 Å². The van der Waals surface area contributed by atoms with E-state index in [0.717, 1.165) is 6.20 Å². The predicted octanol–water partition coefficient (Wildman–Crippen LogP) is 2.39. The number of rotatable bonds is 5. The van der Waals surface area contributed by atoms with Gasteiger partial charge in [-0.05, 0) is 19.9 Å². The van der Waals surface area contributed by atoms with E-state index in [0.29, 0.717) is 35.1 Å². The molecule has 6 heteroatoms. The van der Waals surface area contributed by atoms with Crippen LogP contribution < -0.4 is 4.74 Å². The van der Waals surface area contributed by atoms with Crippen molar-refractivity contribution in [1.82, 2.24) is 15.0 Å². The van der Waals surface area contributed by atoms with Gasteiger partial charge < -0.3 is 9.84 Å². The number of aromatic nitrogens is 3. The first-order valence-electron chi connectivity index (χ1n) is 6.55. The standard InChI is InChI=1S/C15H16FN3O2/c1-3-21-14-7-12(13(16)9-17-14)15-10(2)19-11(8-18-15)5-4-6-20/h4-5,7-9,20H,3,6H2,1-2H3. The highest BCUT2D eigenvalue weighted by Crippen LogP contribution is 2.25. The van der Waals surface area contributed by atoms with Gasteiger partial charge in [0.05, 0.1) is 42.7 Å². The lowest BCUT2D eigenvalue weighted by Gasteiger charge is -2.08. The highest BCUT2D eigenvalue weighted by atomic mass is 19.1. The Morgan fingerprint density at radius 2 is 2.14 bits per heavy atom. The summed E-state index contributed by atoms with van der Waals surface area (Å²) in [6, 6.07) is 1.51. The van der Waals surface area contributed by atoms with E-state index in [9.17, 15) is 4.39 Å². The monoisotopic (exact) mass is 289 g/mol. The molecule has 0 spiro atoms. The van der Waals surface area contributed by atoms with Crippen LogP contribution in [-0.2, 0) is 0 Å². The smallest absolute Gasteiger partial charge is 0.214 e. The molecule has 0 amide bonds. The zero-order chi connectivity index (χ0) is 15.2. The van der Waals surface area contributed by atoms with Gasteiger partial charge in [-0.15, -0.1) is 0 Å². The third-order valence-corrected chi connectivity index (χ3v) is 2.74. The Bertz CT molecular complexity index is 659. The average Bonchev–Trinajstić information content (AvgIpc) is 2.48. The van der Waals surface area contributed by atoms with E-state index in [1.165, 1.54) is 12.3 Å². The zero-order valence-electron chi connectivity index (χ0n) is 11.9. The number of aliphatic hydroxyl groups is 1. The molecule has 5 nitrogen and oxygen atoms in total. The van der Waals surface area contributed by atoms with Crippen molar-refractivity contribution in [2.45, 2.75) is 13.8 Å². The number of nitrogens with zero attached hydrogens (tertiary/aromatic N) is 3. The quantitative estimate of drug-likeness (QED) is 0.915. The molecule has 0 bridgehead atoms. The summed E-state index contributed by atoms with van der Waals surface area (Å²) in [6.45, 7) is 3.96. The van der Waals surface area contributed by atoms with Gasteiger partial charge in [0.25, 0.3) is 0 Å². The third kappa shape index (κ3) is 3.61. The van der Waals surface area contributed by atoms with Gasteiger partial charge in [-0.1, -0.05) is 6.08 Å². The van der Waals surface area contributed by atoms with Gasteiger partial charge in [0.2, 0.25) is 5.88 Å². The normalized spacial score (nSPS) is 11.0. The maximum atomic E-state index is 13.9. The van der Waals surface area contributed by atoms with E-state index >= 15 is 0 Å². The van der Waals surface area contributed by atoms with Crippen LogP contribution in [0.15, 0.2) is 24.5 Å². The van der Waals surface area contributed by atoms with E-state index in [-0.39, 0.29) is 6.61 Å². The fourth-order valence-electron chi connectivity index (χ4n) is 1.85. The Morgan fingerprint density at radius 1 is 1.33 bits per heavy atom. The summed E-state index contributed by atoms with van der Waals surface area (Å²) in [5.41, 5.74) is 1.93. The van der Waals surface area contributed by atoms with Crippen LogP contribution in [-0.4, -0.2) is 33.3 Å². The fourth-order valence-corrected chi connectivity index (χ4v) is 1.85. The molecule has 0 saturated heterocycles. The van der Waals surface area contributed by atoms with Gasteiger partial charge in [-0.2, -0.15) is 0 Å². The van der Waals surface area contributed by atoms with Crippen molar-refractivity contribution in [2.24, 2.45) is 0 Å². The van der Waals surface area contributed by atoms with E-state index in [1.807, 2.05) is 6.92 Å². The van der Waals surface area contributed by atoms with Gasteiger partial charge in [0, 0.05) is 11.6 Å². The third-order valence-electron chi connectivity index (χ3n) is 2.74. The van der Waals surface area contributed by atoms with Crippen LogP contribution in [0.2, 0.25) is 0 Å². The summed E-state index contributed by atoms with van der Waals surface area (Å²) >= 11 is 0. The summed E-state index contributed by atoms with van der Waals surface area (Å²) in [5, 5.41) is 8.74. The summed E-state index contributed by atoms with van der Waals surface area (Å²) in [4.78, 5) is 12.4. The second-order valence-electron chi connectivity index (χ2n) is 4.25.